The van der Waals surface area contributed by atoms with E-state index < -0.39 is 0 Å². The molecule has 2 aromatic carbocycles. The lowest BCUT2D eigenvalue weighted by atomic mass is 10.1. The van der Waals surface area contributed by atoms with Crippen LogP contribution in [0.2, 0.25) is 0 Å². The van der Waals surface area contributed by atoms with Crippen LogP contribution >= 0.6 is 15.9 Å². The smallest absolute Gasteiger partial charge is 0.137 e. The van der Waals surface area contributed by atoms with E-state index in [4.69, 9.17) is 4.42 Å². The van der Waals surface area contributed by atoms with E-state index in [-0.39, 0.29) is 0 Å². The highest BCUT2D eigenvalue weighted by Crippen LogP contribution is 2.24. The molecule has 0 fully saturated rings. The third-order valence-electron chi connectivity index (χ3n) is 3.15. The van der Waals surface area contributed by atoms with Crippen molar-refractivity contribution in [1.82, 2.24) is 0 Å². The predicted octanol–water partition coefficient (Wildman–Crippen LogP) is 4.46. The molecule has 1 N–H and O–H groups in total. The third-order valence-corrected chi connectivity index (χ3v) is 3.64. The van der Waals surface area contributed by atoms with Crippen LogP contribution in [0.4, 0.5) is 0 Å². The highest BCUT2D eigenvalue weighted by molar-refractivity contribution is 9.10. The Morgan fingerprint density at radius 3 is 2.50 bits per heavy atom. The molecule has 0 radical (unpaired) electrons. The molecular formula is C16H12BrNO2. The summed E-state index contributed by atoms with van der Waals surface area (Å²) in [4.78, 5) is 0. The van der Waals surface area contributed by atoms with E-state index in [0.29, 0.717) is 16.7 Å². The molecule has 0 atom stereocenters. The van der Waals surface area contributed by atoms with Crippen LogP contribution in [0.5, 0.6) is 0 Å². The van der Waals surface area contributed by atoms with Crippen molar-refractivity contribution in [1.29, 1.82) is 0 Å². The molecule has 0 amide bonds. The summed E-state index contributed by atoms with van der Waals surface area (Å²) in [6.45, 7) is 2.04. The molecule has 0 aliphatic carbocycles. The van der Waals surface area contributed by atoms with Crippen LogP contribution in [-0.2, 0) is 0 Å². The van der Waals surface area contributed by atoms with Gasteiger partial charge < -0.3 is 9.62 Å². The molecular weight excluding hydrogens is 318 g/mol. The average Bonchev–Trinajstić information content (AvgIpc) is 2.47. The minimum absolute atomic E-state index is 0.489. The molecule has 1 heterocycles. The fourth-order valence-electron chi connectivity index (χ4n) is 2.08. The van der Waals surface area contributed by atoms with Gasteiger partial charge in [0.05, 0.1) is 0 Å². The standard InChI is InChI=1S/C16H12BrNO2/c1-10-2-4-11(5-3-10)16-9-14(18-19)13-8-12(17)6-7-15(13)20-16/h2-9,19H,1H3. The number of fused-ring (bicyclic) bond motifs is 1. The van der Waals surface area contributed by atoms with Gasteiger partial charge in [-0.1, -0.05) is 50.9 Å². The zero-order valence-electron chi connectivity index (χ0n) is 10.8. The Kier molecular flexibility index (Phi) is 3.32. The SMILES string of the molecule is Cc1ccc(-c2cc(=NO)c3cc(Br)ccc3o2)cc1. The first-order chi connectivity index (χ1) is 9.67. The van der Waals surface area contributed by atoms with Crippen LogP contribution < -0.4 is 5.36 Å². The molecule has 3 rings (SSSR count). The number of halogens is 1. The van der Waals surface area contributed by atoms with Gasteiger partial charge in [0.1, 0.15) is 16.7 Å². The van der Waals surface area contributed by atoms with E-state index in [1.807, 2.05) is 49.4 Å². The van der Waals surface area contributed by atoms with Crippen LogP contribution in [0.1, 0.15) is 5.56 Å². The van der Waals surface area contributed by atoms with E-state index >= 15 is 0 Å². The average molecular weight is 330 g/mol. The molecule has 0 saturated carbocycles. The van der Waals surface area contributed by atoms with Crippen molar-refractivity contribution < 1.29 is 9.62 Å². The summed E-state index contributed by atoms with van der Waals surface area (Å²) < 4.78 is 6.80. The highest BCUT2D eigenvalue weighted by atomic mass is 79.9. The van der Waals surface area contributed by atoms with Gasteiger partial charge in [-0.15, -0.1) is 0 Å². The van der Waals surface area contributed by atoms with Crippen molar-refractivity contribution in [2.24, 2.45) is 5.16 Å². The van der Waals surface area contributed by atoms with Gasteiger partial charge in [-0.2, -0.15) is 0 Å². The Hall–Kier alpha value is -2.07. The first-order valence-corrected chi connectivity index (χ1v) is 6.95. The summed E-state index contributed by atoms with van der Waals surface area (Å²) in [5.74, 6) is 0.674. The Labute approximate surface area is 124 Å². The molecule has 0 bridgehead atoms. The van der Waals surface area contributed by atoms with Crippen molar-refractivity contribution >= 4 is 26.9 Å². The summed E-state index contributed by atoms with van der Waals surface area (Å²) >= 11 is 3.40. The molecule has 100 valence electrons. The second-order valence-electron chi connectivity index (χ2n) is 4.60. The number of rotatable bonds is 1. The Morgan fingerprint density at radius 1 is 1.05 bits per heavy atom. The third kappa shape index (κ3) is 2.34. The van der Waals surface area contributed by atoms with E-state index in [2.05, 4.69) is 21.1 Å². The molecule has 3 aromatic rings. The van der Waals surface area contributed by atoms with Crippen LogP contribution in [0.25, 0.3) is 22.3 Å². The van der Waals surface area contributed by atoms with Crippen LogP contribution in [0, 0.1) is 6.92 Å². The Bertz CT molecular complexity index is 835. The summed E-state index contributed by atoms with van der Waals surface area (Å²) in [6.07, 6.45) is 0. The summed E-state index contributed by atoms with van der Waals surface area (Å²) in [5, 5.41) is 13.8. The van der Waals surface area contributed by atoms with Crippen molar-refractivity contribution in [3.8, 4) is 11.3 Å². The number of hydrogen-bond donors (Lipinski definition) is 1. The number of benzene rings is 2. The molecule has 4 heteroatoms. The molecule has 0 spiro atoms. The molecule has 0 unspecified atom stereocenters. The first kappa shape index (κ1) is 12.9. The maximum Gasteiger partial charge on any atom is 0.137 e. The fraction of sp³-hybridized carbons (Fsp3) is 0.0625. The van der Waals surface area contributed by atoms with Gasteiger partial charge in [-0.3, -0.25) is 0 Å². The quantitative estimate of drug-likeness (QED) is 0.529. The molecule has 1 aromatic heterocycles. The second-order valence-corrected chi connectivity index (χ2v) is 5.52. The monoisotopic (exact) mass is 329 g/mol. The topological polar surface area (TPSA) is 45.7 Å². The molecule has 0 aliphatic heterocycles. The van der Waals surface area contributed by atoms with Gasteiger partial charge in [0.15, 0.2) is 0 Å². The lowest BCUT2D eigenvalue weighted by Gasteiger charge is -2.05. The fourth-order valence-corrected chi connectivity index (χ4v) is 2.45. The van der Waals surface area contributed by atoms with E-state index in [0.717, 1.165) is 15.4 Å². The van der Waals surface area contributed by atoms with Crippen molar-refractivity contribution in [2.45, 2.75) is 6.92 Å². The van der Waals surface area contributed by atoms with Gasteiger partial charge in [-0.25, -0.2) is 0 Å². The maximum absolute atomic E-state index is 9.21. The zero-order chi connectivity index (χ0) is 14.1. The van der Waals surface area contributed by atoms with E-state index in [1.54, 1.807) is 6.07 Å². The number of aryl methyl sites for hydroxylation is 1. The first-order valence-electron chi connectivity index (χ1n) is 6.16. The molecule has 0 aliphatic rings. The lowest BCUT2D eigenvalue weighted by molar-refractivity contribution is 0.302. The number of hydrogen-bond acceptors (Lipinski definition) is 3. The summed E-state index contributed by atoms with van der Waals surface area (Å²) in [5.41, 5.74) is 2.81. The zero-order valence-corrected chi connectivity index (χ0v) is 12.4. The predicted molar refractivity (Wildman–Crippen MR) is 81.4 cm³/mol. The van der Waals surface area contributed by atoms with Crippen molar-refractivity contribution in [2.75, 3.05) is 0 Å². The van der Waals surface area contributed by atoms with Gasteiger partial charge >= 0.3 is 0 Å². The van der Waals surface area contributed by atoms with E-state index in [1.165, 1.54) is 5.56 Å². The molecule has 0 saturated heterocycles. The maximum atomic E-state index is 9.21. The summed E-state index contributed by atoms with van der Waals surface area (Å²) in [6, 6.07) is 15.4. The normalized spacial score (nSPS) is 12.0. The van der Waals surface area contributed by atoms with Gasteiger partial charge in [0.25, 0.3) is 0 Å². The molecule has 3 nitrogen and oxygen atoms in total. The van der Waals surface area contributed by atoms with Crippen molar-refractivity contribution in [3.63, 3.8) is 0 Å². The van der Waals surface area contributed by atoms with Gasteiger partial charge in [-0.05, 0) is 25.1 Å². The minimum atomic E-state index is 0.489. The van der Waals surface area contributed by atoms with Crippen LogP contribution in [-0.4, -0.2) is 5.21 Å². The Balaban J connectivity index is 2.28. The molecule has 20 heavy (non-hydrogen) atoms. The van der Waals surface area contributed by atoms with Crippen LogP contribution in [0.3, 0.4) is 0 Å². The number of nitrogens with zero attached hydrogens (tertiary/aromatic N) is 1. The summed E-state index contributed by atoms with van der Waals surface area (Å²) in [7, 11) is 0. The minimum Gasteiger partial charge on any atom is -0.456 e. The highest BCUT2D eigenvalue weighted by Gasteiger charge is 2.06. The van der Waals surface area contributed by atoms with Gasteiger partial charge in [0, 0.05) is 21.5 Å². The Morgan fingerprint density at radius 2 is 1.80 bits per heavy atom. The largest absolute Gasteiger partial charge is 0.456 e. The van der Waals surface area contributed by atoms with E-state index in [9.17, 15) is 5.21 Å². The lowest BCUT2D eigenvalue weighted by Crippen LogP contribution is -2.03. The van der Waals surface area contributed by atoms with Gasteiger partial charge in [0.2, 0.25) is 0 Å². The van der Waals surface area contributed by atoms with Crippen molar-refractivity contribution in [3.05, 3.63) is 63.9 Å². The second kappa shape index (κ2) is 5.13. The van der Waals surface area contributed by atoms with Crippen LogP contribution in [0.15, 0.2) is 62.6 Å².